The summed E-state index contributed by atoms with van der Waals surface area (Å²) in [4.78, 5) is 0. The largest absolute Gasteiger partial charge is 0.385 e. The van der Waals surface area contributed by atoms with Crippen molar-refractivity contribution < 1.29 is 0 Å². The lowest BCUT2D eigenvalue weighted by atomic mass is 10.5. The molecule has 0 aliphatic carbocycles. The first kappa shape index (κ1) is 7.65. The van der Waals surface area contributed by atoms with E-state index in [0.29, 0.717) is 5.82 Å². The van der Waals surface area contributed by atoms with E-state index in [0.717, 1.165) is 5.82 Å². The van der Waals surface area contributed by atoms with Crippen molar-refractivity contribution >= 4 is 5.82 Å². The molecule has 0 aliphatic rings. The summed E-state index contributed by atoms with van der Waals surface area (Å²) < 4.78 is 1.72. The van der Waals surface area contributed by atoms with Crippen LogP contribution in [0.5, 0.6) is 0 Å². The minimum atomic E-state index is 0.633. The Bertz CT molecular complexity index is 261. The molecule has 0 radical (unpaired) electrons. The smallest absolute Gasteiger partial charge is 0.129 e. The van der Waals surface area contributed by atoms with Gasteiger partial charge in [0.1, 0.15) is 5.82 Å². The molecule has 1 rings (SSSR count). The van der Waals surface area contributed by atoms with E-state index in [1.807, 2.05) is 20.0 Å². The molecule has 4 nitrogen and oxygen atoms in total. The number of allylic oxidation sites excluding steroid dienone is 1. The lowest BCUT2D eigenvalue weighted by molar-refractivity contribution is 0.774. The van der Waals surface area contributed by atoms with Gasteiger partial charge in [0.15, 0.2) is 0 Å². The zero-order valence-corrected chi connectivity index (χ0v) is 6.70. The Hall–Kier alpha value is -1.45. The monoisotopic (exact) mass is 152 g/mol. The van der Waals surface area contributed by atoms with Gasteiger partial charge in [-0.2, -0.15) is 5.10 Å². The van der Waals surface area contributed by atoms with E-state index in [1.54, 1.807) is 17.0 Å². The predicted octanol–water partition coefficient (Wildman–Crippen LogP) is 0.652. The summed E-state index contributed by atoms with van der Waals surface area (Å²) in [6.07, 6.45) is 3.51. The number of nitrogens with one attached hydrogen (secondary N) is 1. The fourth-order valence-electron chi connectivity index (χ4n) is 0.717. The SMILES string of the molecule is C/C=C(\N)Nc1ccnn1C. The van der Waals surface area contributed by atoms with Crippen molar-refractivity contribution in [2.24, 2.45) is 12.8 Å². The number of aromatic nitrogens is 2. The first-order chi connectivity index (χ1) is 5.24. The third-order valence-corrected chi connectivity index (χ3v) is 1.40. The van der Waals surface area contributed by atoms with Gasteiger partial charge in [0, 0.05) is 13.1 Å². The molecule has 0 spiro atoms. The molecule has 1 aromatic heterocycles. The second-order valence-corrected chi connectivity index (χ2v) is 2.21. The molecule has 0 aromatic carbocycles. The second kappa shape index (κ2) is 3.09. The van der Waals surface area contributed by atoms with Crippen molar-refractivity contribution in [2.45, 2.75) is 6.92 Å². The summed E-state index contributed by atoms with van der Waals surface area (Å²) in [6.45, 7) is 1.87. The molecule has 0 atom stereocenters. The minimum absolute atomic E-state index is 0.633. The van der Waals surface area contributed by atoms with Gasteiger partial charge in [-0.1, -0.05) is 0 Å². The Morgan fingerprint density at radius 1 is 1.82 bits per heavy atom. The summed E-state index contributed by atoms with van der Waals surface area (Å²) >= 11 is 0. The fourth-order valence-corrected chi connectivity index (χ4v) is 0.717. The normalized spacial score (nSPS) is 11.6. The average molecular weight is 152 g/mol. The van der Waals surface area contributed by atoms with Crippen LogP contribution in [0.4, 0.5) is 5.82 Å². The third kappa shape index (κ3) is 1.73. The van der Waals surface area contributed by atoms with Crippen LogP contribution < -0.4 is 11.1 Å². The summed E-state index contributed by atoms with van der Waals surface area (Å²) in [6, 6.07) is 1.86. The van der Waals surface area contributed by atoms with E-state index in [-0.39, 0.29) is 0 Å². The summed E-state index contributed by atoms with van der Waals surface area (Å²) in [5, 5.41) is 6.95. The van der Waals surface area contributed by atoms with Gasteiger partial charge in [0.2, 0.25) is 0 Å². The molecule has 3 N–H and O–H groups in total. The molecular formula is C7H12N4. The van der Waals surface area contributed by atoms with Crippen molar-refractivity contribution in [2.75, 3.05) is 5.32 Å². The van der Waals surface area contributed by atoms with Gasteiger partial charge >= 0.3 is 0 Å². The molecule has 0 fully saturated rings. The zero-order chi connectivity index (χ0) is 8.27. The van der Waals surface area contributed by atoms with E-state index < -0.39 is 0 Å². The van der Waals surface area contributed by atoms with Crippen LogP contribution in [0.2, 0.25) is 0 Å². The highest BCUT2D eigenvalue weighted by atomic mass is 15.3. The van der Waals surface area contributed by atoms with E-state index in [4.69, 9.17) is 5.73 Å². The van der Waals surface area contributed by atoms with E-state index in [1.165, 1.54) is 0 Å². The molecular weight excluding hydrogens is 140 g/mol. The molecule has 4 heteroatoms. The highest BCUT2D eigenvalue weighted by molar-refractivity contribution is 5.39. The zero-order valence-electron chi connectivity index (χ0n) is 6.70. The molecule has 0 bridgehead atoms. The Labute approximate surface area is 65.7 Å². The number of hydrogen-bond acceptors (Lipinski definition) is 3. The number of aryl methyl sites for hydroxylation is 1. The minimum Gasteiger partial charge on any atom is -0.385 e. The lowest BCUT2D eigenvalue weighted by Crippen LogP contribution is -2.11. The Morgan fingerprint density at radius 2 is 2.55 bits per heavy atom. The third-order valence-electron chi connectivity index (χ3n) is 1.40. The lowest BCUT2D eigenvalue weighted by Gasteiger charge is -2.04. The predicted molar refractivity (Wildman–Crippen MR) is 44.8 cm³/mol. The molecule has 60 valence electrons. The Kier molecular flexibility index (Phi) is 2.15. The molecule has 1 aromatic rings. The standard InChI is InChI=1S/C7H12N4/c1-3-6(8)10-7-4-5-9-11(7)2/h3-5,10H,8H2,1-2H3/b6-3+. The Balaban J connectivity index is 2.72. The maximum Gasteiger partial charge on any atom is 0.129 e. The molecule has 0 unspecified atom stereocenters. The van der Waals surface area contributed by atoms with Gasteiger partial charge in [-0.25, -0.2) is 0 Å². The van der Waals surface area contributed by atoms with E-state index in [9.17, 15) is 0 Å². The van der Waals surface area contributed by atoms with Gasteiger partial charge in [-0.3, -0.25) is 4.68 Å². The van der Waals surface area contributed by atoms with Crippen LogP contribution >= 0.6 is 0 Å². The maximum absolute atomic E-state index is 5.54. The van der Waals surface area contributed by atoms with Gasteiger partial charge in [-0.15, -0.1) is 0 Å². The van der Waals surface area contributed by atoms with Crippen LogP contribution in [0.3, 0.4) is 0 Å². The van der Waals surface area contributed by atoms with Crippen LogP contribution in [0.25, 0.3) is 0 Å². The fraction of sp³-hybridized carbons (Fsp3) is 0.286. The van der Waals surface area contributed by atoms with Gasteiger partial charge in [-0.05, 0) is 13.0 Å². The van der Waals surface area contributed by atoms with Crippen molar-refractivity contribution in [3.63, 3.8) is 0 Å². The van der Waals surface area contributed by atoms with Gasteiger partial charge in [0.25, 0.3) is 0 Å². The summed E-state index contributed by atoms with van der Waals surface area (Å²) in [7, 11) is 1.85. The quantitative estimate of drug-likeness (QED) is 0.654. The number of anilines is 1. The van der Waals surface area contributed by atoms with Crippen molar-refractivity contribution in [3.8, 4) is 0 Å². The Morgan fingerprint density at radius 3 is 3.00 bits per heavy atom. The molecule has 1 heterocycles. The first-order valence-electron chi connectivity index (χ1n) is 3.41. The highest BCUT2D eigenvalue weighted by Gasteiger charge is 1.95. The summed E-state index contributed by atoms with van der Waals surface area (Å²) in [5.41, 5.74) is 5.54. The number of nitrogens with two attached hydrogens (primary N) is 1. The van der Waals surface area contributed by atoms with Crippen LogP contribution in [0.1, 0.15) is 6.92 Å². The number of nitrogens with zero attached hydrogens (tertiary/aromatic N) is 2. The molecule has 0 amide bonds. The van der Waals surface area contributed by atoms with E-state index >= 15 is 0 Å². The van der Waals surface area contributed by atoms with Crippen LogP contribution in [0.15, 0.2) is 24.2 Å². The number of hydrogen-bond donors (Lipinski definition) is 2. The highest BCUT2D eigenvalue weighted by Crippen LogP contribution is 2.04. The molecule has 11 heavy (non-hydrogen) atoms. The van der Waals surface area contributed by atoms with Gasteiger partial charge in [0.05, 0.1) is 12.0 Å². The van der Waals surface area contributed by atoms with Crippen LogP contribution in [0, 0.1) is 0 Å². The van der Waals surface area contributed by atoms with Crippen molar-refractivity contribution in [1.82, 2.24) is 9.78 Å². The number of rotatable bonds is 2. The van der Waals surface area contributed by atoms with Crippen molar-refractivity contribution in [3.05, 3.63) is 24.2 Å². The van der Waals surface area contributed by atoms with Crippen molar-refractivity contribution in [1.29, 1.82) is 0 Å². The van der Waals surface area contributed by atoms with Crippen LogP contribution in [-0.2, 0) is 7.05 Å². The van der Waals surface area contributed by atoms with Gasteiger partial charge < -0.3 is 11.1 Å². The van der Waals surface area contributed by atoms with E-state index in [2.05, 4.69) is 10.4 Å². The molecule has 0 saturated heterocycles. The van der Waals surface area contributed by atoms with Crippen LogP contribution in [-0.4, -0.2) is 9.78 Å². The molecule has 0 aliphatic heterocycles. The average Bonchev–Trinajstić information content (AvgIpc) is 2.37. The second-order valence-electron chi connectivity index (χ2n) is 2.21. The molecule has 0 saturated carbocycles. The summed E-state index contributed by atoms with van der Waals surface area (Å²) in [5.74, 6) is 1.52. The topological polar surface area (TPSA) is 55.9 Å². The maximum atomic E-state index is 5.54. The first-order valence-corrected chi connectivity index (χ1v) is 3.41.